The highest BCUT2D eigenvalue weighted by Gasteiger charge is 2.20. The van der Waals surface area contributed by atoms with Crippen LogP contribution in [0.25, 0.3) is 22.2 Å². The van der Waals surface area contributed by atoms with E-state index in [1.165, 1.54) is 5.69 Å². The van der Waals surface area contributed by atoms with Gasteiger partial charge < -0.3 is 20.5 Å². The van der Waals surface area contributed by atoms with Crippen molar-refractivity contribution in [1.82, 2.24) is 19.4 Å². The Balaban J connectivity index is 1.31. The van der Waals surface area contributed by atoms with Crippen molar-refractivity contribution in [3.05, 3.63) is 72.2 Å². The van der Waals surface area contributed by atoms with Gasteiger partial charge >= 0.3 is 0 Å². The van der Waals surface area contributed by atoms with E-state index < -0.39 is 5.91 Å². The van der Waals surface area contributed by atoms with Crippen LogP contribution in [0.5, 0.6) is 0 Å². The number of anilines is 2. The summed E-state index contributed by atoms with van der Waals surface area (Å²) in [5.74, 6) is 0.459. The maximum Gasteiger partial charge on any atom is 0.248 e. The maximum atomic E-state index is 11.3. The van der Waals surface area contributed by atoms with Crippen LogP contribution in [-0.4, -0.2) is 58.6 Å². The molecule has 174 valence electrons. The summed E-state index contributed by atoms with van der Waals surface area (Å²) in [6.45, 7) is 4.68. The molecule has 1 fully saturated rings. The van der Waals surface area contributed by atoms with Crippen molar-refractivity contribution >= 4 is 28.4 Å². The molecule has 34 heavy (non-hydrogen) atoms. The highest BCUT2D eigenvalue weighted by atomic mass is 16.1. The van der Waals surface area contributed by atoms with E-state index in [9.17, 15) is 4.79 Å². The SMILES string of the molecule is CNc1ccc(-c2ccnc3c2cc(CN2CCN(c4ccc(C(N)=O)cc4)CC2)n3C)cn1. The number of pyridine rings is 2. The van der Waals surface area contributed by atoms with Gasteiger partial charge in [0.25, 0.3) is 0 Å². The molecule has 5 rings (SSSR count). The molecule has 0 spiro atoms. The molecule has 3 N–H and O–H groups in total. The van der Waals surface area contributed by atoms with Gasteiger partial charge in [-0.25, -0.2) is 9.97 Å². The van der Waals surface area contributed by atoms with E-state index in [1.54, 1.807) is 12.1 Å². The number of nitrogens with two attached hydrogens (primary N) is 1. The number of rotatable bonds is 6. The van der Waals surface area contributed by atoms with Gasteiger partial charge in [-0.2, -0.15) is 0 Å². The van der Waals surface area contributed by atoms with Crippen molar-refractivity contribution in [3.8, 4) is 11.1 Å². The highest BCUT2D eigenvalue weighted by molar-refractivity contribution is 5.94. The minimum absolute atomic E-state index is 0.393. The van der Waals surface area contributed by atoms with Crippen molar-refractivity contribution in [2.24, 2.45) is 12.8 Å². The molecule has 8 nitrogen and oxygen atoms in total. The van der Waals surface area contributed by atoms with Gasteiger partial charge in [0.05, 0.1) is 0 Å². The lowest BCUT2D eigenvalue weighted by atomic mass is 10.1. The number of amides is 1. The first kappa shape index (κ1) is 21.9. The molecule has 1 amide bonds. The van der Waals surface area contributed by atoms with Gasteiger partial charge in [0.1, 0.15) is 11.5 Å². The first-order valence-corrected chi connectivity index (χ1v) is 11.5. The number of carbonyl (C=O) groups is 1. The Labute approximate surface area is 199 Å². The van der Waals surface area contributed by atoms with Crippen LogP contribution in [0.15, 0.2) is 60.9 Å². The summed E-state index contributed by atoms with van der Waals surface area (Å²) < 4.78 is 2.20. The van der Waals surface area contributed by atoms with E-state index in [-0.39, 0.29) is 0 Å². The Morgan fingerprint density at radius 1 is 1.03 bits per heavy atom. The molecular formula is C26H29N7O. The largest absolute Gasteiger partial charge is 0.373 e. The molecule has 0 radical (unpaired) electrons. The second kappa shape index (κ2) is 9.15. The smallest absolute Gasteiger partial charge is 0.248 e. The van der Waals surface area contributed by atoms with E-state index in [1.807, 2.05) is 37.6 Å². The zero-order valence-electron chi connectivity index (χ0n) is 19.5. The molecule has 0 atom stereocenters. The first-order valence-electron chi connectivity index (χ1n) is 11.5. The minimum Gasteiger partial charge on any atom is -0.373 e. The van der Waals surface area contributed by atoms with Crippen LogP contribution in [0.3, 0.4) is 0 Å². The van der Waals surface area contributed by atoms with E-state index in [0.717, 1.165) is 66.4 Å². The Morgan fingerprint density at radius 3 is 2.44 bits per heavy atom. The van der Waals surface area contributed by atoms with E-state index >= 15 is 0 Å². The molecule has 4 aromatic rings. The summed E-state index contributed by atoms with van der Waals surface area (Å²) in [7, 11) is 3.96. The number of hydrogen-bond donors (Lipinski definition) is 2. The van der Waals surface area contributed by atoms with Crippen LogP contribution >= 0.6 is 0 Å². The third-order valence-corrected chi connectivity index (χ3v) is 6.63. The van der Waals surface area contributed by atoms with Crippen LogP contribution in [0.2, 0.25) is 0 Å². The molecule has 1 aliphatic rings. The maximum absolute atomic E-state index is 11.3. The lowest BCUT2D eigenvalue weighted by molar-refractivity contribution is 0.100. The number of fused-ring (bicyclic) bond motifs is 1. The number of piperazine rings is 1. The van der Waals surface area contributed by atoms with E-state index in [2.05, 4.69) is 54.9 Å². The van der Waals surface area contributed by atoms with Crippen molar-refractivity contribution in [2.45, 2.75) is 6.54 Å². The van der Waals surface area contributed by atoms with Gasteiger partial charge in [-0.15, -0.1) is 0 Å². The number of carbonyl (C=O) groups excluding carboxylic acids is 1. The van der Waals surface area contributed by atoms with Crippen LogP contribution in [0.1, 0.15) is 16.1 Å². The van der Waals surface area contributed by atoms with Gasteiger partial charge in [0.2, 0.25) is 5.91 Å². The zero-order valence-corrected chi connectivity index (χ0v) is 19.5. The van der Waals surface area contributed by atoms with Crippen molar-refractivity contribution < 1.29 is 4.79 Å². The lowest BCUT2D eigenvalue weighted by Gasteiger charge is -2.36. The van der Waals surface area contributed by atoms with Crippen molar-refractivity contribution in [1.29, 1.82) is 0 Å². The standard InChI is InChI=1S/C26H29N7O/c1-28-24-8-5-19(16-30-24)22-9-10-29-26-23(22)15-21(31(26)2)17-32-11-13-33(14-12-32)20-6-3-18(4-7-20)25(27)34/h3-10,15-16H,11-14,17H2,1-2H3,(H2,27,34)(H,28,30). The van der Waals surface area contributed by atoms with Gasteiger partial charge in [-0.05, 0) is 54.1 Å². The van der Waals surface area contributed by atoms with E-state index in [4.69, 9.17) is 5.73 Å². The highest BCUT2D eigenvalue weighted by Crippen LogP contribution is 2.30. The lowest BCUT2D eigenvalue weighted by Crippen LogP contribution is -2.46. The van der Waals surface area contributed by atoms with E-state index in [0.29, 0.717) is 5.56 Å². The molecule has 0 bridgehead atoms. The molecule has 0 aliphatic carbocycles. The second-order valence-electron chi connectivity index (χ2n) is 8.65. The molecule has 0 saturated carbocycles. The minimum atomic E-state index is -0.393. The van der Waals surface area contributed by atoms with Crippen molar-refractivity contribution in [3.63, 3.8) is 0 Å². The second-order valence-corrected chi connectivity index (χ2v) is 8.65. The molecule has 1 saturated heterocycles. The van der Waals surface area contributed by atoms with Gasteiger partial charge in [-0.3, -0.25) is 9.69 Å². The topological polar surface area (TPSA) is 92.3 Å². The molecule has 4 heterocycles. The molecule has 8 heteroatoms. The van der Waals surface area contributed by atoms with Crippen LogP contribution in [-0.2, 0) is 13.6 Å². The Morgan fingerprint density at radius 2 is 1.79 bits per heavy atom. The number of benzene rings is 1. The molecule has 0 unspecified atom stereocenters. The molecule has 1 aromatic carbocycles. The normalized spacial score (nSPS) is 14.5. The third-order valence-electron chi connectivity index (χ3n) is 6.63. The predicted octanol–water partition coefficient (Wildman–Crippen LogP) is 3.10. The summed E-state index contributed by atoms with van der Waals surface area (Å²) in [6, 6.07) is 16.0. The third kappa shape index (κ3) is 4.20. The number of primary amides is 1. The van der Waals surface area contributed by atoms with Crippen LogP contribution in [0, 0.1) is 0 Å². The number of nitrogens with zero attached hydrogens (tertiary/aromatic N) is 5. The van der Waals surface area contributed by atoms with Crippen LogP contribution in [0.4, 0.5) is 11.5 Å². The average Bonchev–Trinajstić information content (AvgIpc) is 3.20. The summed E-state index contributed by atoms with van der Waals surface area (Å²) >= 11 is 0. The molecular weight excluding hydrogens is 426 g/mol. The van der Waals surface area contributed by atoms with Gasteiger partial charge in [0, 0.05) is 87.1 Å². The fourth-order valence-electron chi connectivity index (χ4n) is 4.61. The van der Waals surface area contributed by atoms with Crippen molar-refractivity contribution in [2.75, 3.05) is 43.4 Å². The first-order chi connectivity index (χ1) is 16.5. The predicted molar refractivity (Wildman–Crippen MR) is 136 cm³/mol. The number of nitrogens with one attached hydrogen (secondary N) is 1. The summed E-state index contributed by atoms with van der Waals surface area (Å²) in [5, 5.41) is 4.21. The average molecular weight is 456 g/mol. The quantitative estimate of drug-likeness (QED) is 0.464. The Kier molecular flexibility index (Phi) is 5.90. The Hall–Kier alpha value is -3.91. The zero-order chi connectivity index (χ0) is 23.7. The van der Waals surface area contributed by atoms with Gasteiger partial charge in [-0.1, -0.05) is 0 Å². The number of aryl methyl sites for hydroxylation is 1. The molecule has 1 aliphatic heterocycles. The summed E-state index contributed by atoms with van der Waals surface area (Å²) in [4.78, 5) is 25.3. The summed E-state index contributed by atoms with van der Waals surface area (Å²) in [5.41, 5.74) is 11.5. The number of aromatic nitrogens is 3. The van der Waals surface area contributed by atoms with Gasteiger partial charge in [0.15, 0.2) is 0 Å². The monoisotopic (exact) mass is 455 g/mol. The number of hydrogen-bond acceptors (Lipinski definition) is 6. The fourth-order valence-corrected chi connectivity index (χ4v) is 4.61. The Bertz CT molecular complexity index is 1300. The van der Waals surface area contributed by atoms with Crippen LogP contribution < -0.4 is 16.0 Å². The summed E-state index contributed by atoms with van der Waals surface area (Å²) in [6.07, 6.45) is 3.78. The fraction of sp³-hybridized carbons (Fsp3) is 0.269. The molecule has 3 aromatic heterocycles.